The van der Waals surface area contributed by atoms with Crippen LogP contribution in [0.25, 0.3) is 11.3 Å². The topological polar surface area (TPSA) is 44.3 Å². The van der Waals surface area contributed by atoms with E-state index in [1.54, 1.807) is 0 Å². The van der Waals surface area contributed by atoms with Gasteiger partial charge >= 0.3 is 0 Å². The predicted molar refractivity (Wildman–Crippen MR) is 74.7 cm³/mol. The van der Waals surface area contributed by atoms with Gasteiger partial charge in [-0.2, -0.15) is 5.10 Å². The second-order valence-electron chi connectivity index (χ2n) is 4.57. The van der Waals surface area contributed by atoms with E-state index in [1.807, 2.05) is 49.9 Å². The second-order valence-corrected chi connectivity index (χ2v) is 4.57. The highest BCUT2D eigenvalue weighted by Gasteiger charge is 2.18. The number of hydrogen-bond donors (Lipinski definition) is 0. The van der Waals surface area contributed by atoms with Gasteiger partial charge in [0.15, 0.2) is 0 Å². The molecule has 2 heterocycles. The summed E-state index contributed by atoms with van der Waals surface area (Å²) < 4.78 is 1.91. The maximum atomic E-state index is 7.25. The van der Waals surface area contributed by atoms with E-state index in [9.17, 15) is 0 Å². The monoisotopic (exact) mass is 243 g/mol. The number of fused-ring (bicyclic) bond motifs is 1. The van der Waals surface area contributed by atoms with Crippen molar-refractivity contribution in [3.05, 3.63) is 53.5 Å². The van der Waals surface area contributed by atoms with Gasteiger partial charge in [-0.15, -0.1) is 12.6 Å². The SMILES string of the molecule is Cc1nn2ccccc2c1C(/C=C\C[NH-])N(C)C. The Labute approximate surface area is 108 Å². The van der Waals surface area contributed by atoms with E-state index in [2.05, 4.69) is 22.1 Å². The Balaban J connectivity index is 2.56. The van der Waals surface area contributed by atoms with E-state index in [1.165, 1.54) is 5.56 Å². The van der Waals surface area contributed by atoms with Crippen molar-refractivity contribution >= 4 is 5.52 Å². The molecular weight excluding hydrogens is 224 g/mol. The molecule has 0 radical (unpaired) electrons. The summed E-state index contributed by atoms with van der Waals surface area (Å²) in [6.45, 7) is 2.34. The van der Waals surface area contributed by atoms with Crippen LogP contribution in [-0.2, 0) is 0 Å². The number of aryl methyl sites for hydroxylation is 1. The zero-order valence-electron chi connectivity index (χ0n) is 11.1. The first-order valence-corrected chi connectivity index (χ1v) is 6.06. The first-order chi connectivity index (χ1) is 8.65. The van der Waals surface area contributed by atoms with Crippen LogP contribution >= 0.6 is 0 Å². The van der Waals surface area contributed by atoms with Gasteiger partial charge in [-0.25, -0.2) is 4.52 Å². The molecule has 0 amide bonds. The molecule has 2 aromatic heterocycles. The molecule has 1 atom stereocenters. The lowest BCUT2D eigenvalue weighted by molar-refractivity contribution is 0.351. The highest BCUT2D eigenvalue weighted by molar-refractivity contribution is 5.58. The summed E-state index contributed by atoms with van der Waals surface area (Å²) >= 11 is 0. The summed E-state index contributed by atoms with van der Waals surface area (Å²) in [5, 5.41) is 4.53. The van der Waals surface area contributed by atoms with Gasteiger partial charge in [0.25, 0.3) is 0 Å². The molecule has 0 saturated heterocycles. The fourth-order valence-electron chi connectivity index (χ4n) is 2.22. The highest BCUT2D eigenvalue weighted by Crippen LogP contribution is 2.27. The fraction of sp³-hybridized carbons (Fsp3) is 0.357. The molecule has 4 nitrogen and oxygen atoms in total. The van der Waals surface area contributed by atoms with Crippen molar-refractivity contribution in [2.24, 2.45) is 0 Å². The zero-order chi connectivity index (χ0) is 13.1. The Morgan fingerprint density at radius 3 is 2.89 bits per heavy atom. The third-order valence-corrected chi connectivity index (χ3v) is 3.05. The summed E-state index contributed by atoms with van der Waals surface area (Å²) in [4.78, 5) is 2.14. The highest BCUT2D eigenvalue weighted by atomic mass is 15.2. The van der Waals surface area contributed by atoms with E-state index in [0.717, 1.165) is 11.2 Å². The first-order valence-electron chi connectivity index (χ1n) is 6.06. The minimum atomic E-state index is 0.162. The summed E-state index contributed by atoms with van der Waals surface area (Å²) in [5.41, 5.74) is 10.6. The van der Waals surface area contributed by atoms with E-state index in [4.69, 9.17) is 5.73 Å². The summed E-state index contributed by atoms with van der Waals surface area (Å²) in [6.07, 6.45) is 5.92. The van der Waals surface area contributed by atoms with Gasteiger partial charge in [0.2, 0.25) is 0 Å². The third-order valence-electron chi connectivity index (χ3n) is 3.05. The van der Waals surface area contributed by atoms with E-state index < -0.39 is 0 Å². The molecule has 2 rings (SSSR count). The van der Waals surface area contributed by atoms with E-state index >= 15 is 0 Å². The van der Waals surface area contributed by atoms with Crippen LogP contribution in [0.4, 0.5) is 0 Å². The smallest absolute Gasteiger partial charge is 0.0715 e. The van der Waals surface area contributed by atoms with Crippen LogP contribution in [-0.4, -0.2) is 35.2 Å². The molecule has 0 bridgehead atoms. The second kappa shape index (κ2) is 5.33. The summed E-state index contributed by atoms with van der Waals surface area (Å²) in [5.74, 6) is 0. The normalized spacial score (nSPS) is 13.8. The predicted octanol–water partition coefficient (Wildman–Crippen LogP) is 2.85. The summed E-state index contributed by atoms with van der Waals surface area (Å²) in [7, 11) is 4.09. The molecule has 0 spiro atoms. The molecule has 4 heteroatoms. The molecule has 0 aliphatic carbocycles. The number of nitrogens with zero attached hydrogens (tertiary/aromatic N) is 3. The zero-order valence-corrected chi connectivity index (χ0v) is 11.1. The minimum Gasteiger partial charge on any atom is -0.674 e. The molecule has 2 aromatic rings. The Bertz CT molecular complexity index is 554. The van der Waals surface area contributed by atoms with Gasteiger partial charge in [0.1, 0.15) is 0 Å². The van der Waals surface area contributed by atoms with Crippen molar-refractivity contribution in [2.75, 3.05) is 20.6 Å². The van der Waals surface area contributed by atoms with Crippen LogP contribution < -0.4 is 0 Å². The minimum absolute atomic E-state index is 0.162. The van der Waals surface area contributed by atoms with Gasteiger partial charge in [-0.3, -0.25) is 4.90 Å². The molecule has 18 heavy (non-hydrogen) atoms. The van der Waals surface area contributed by atoms with Crippen molar-refractivity contribution in [2.45, 2.75) is 13.0 Å². The molecule has 0 aliphatic heterocycles. The van der Waals surface area contributed by atoms with Crippen LogP contribution in [0.3, 0.4) is 0 Å². The molecule has 1 unspecified atom stereocenters. The maximum absolute atomic E-state index is 7.25. The number of hydrogen-bond acceptors (Lipinski definition) is 2. The van der Waals surface area contributed by atoms with Crippen LogP contribution in [0, 0.1) is 6.92 Å². The maximum Gasteiger partial charge on any atom is 0.0715 e. The number of likely N-dealkylation sites (N-methyl/N-ethyl adjacent to an activating group) is 1. The molecule has 0 aliphatic rings. The molecule has 1 N–H and O–H groups in total. The third kappa shape index (κ3) is 2.30. The van der Waals surface area contributed by atoms with Crippen molar-refractivity contribution in [3.63, 3.8) is 0 Å². The van der Waals surface area contributed by atoms with E-state index in [0.29, 0.717) is 6.54 Å². The largest absolute Gasteiger partial charge is 0.674 e. The van der Waals surface area contributed by atoms with Crippen LogP contribution in [0.5, 0.6) is 0 Å². The Morgan fingerprint density at radius 2 is 2.22 bits per heavy atom. The average molecular weight is 243 g/mol. The summed E-state index contributed by atoms with van der Waals surface area (Å²) in [6, 6.07) is 6.25. The van der Waals surface area contributed by atoms with E-state index in [-0.39, 0.29) is 6.04 Å². The van der Waals surface area contributed by atoms with Gasteiger partial charge in [0, 0.05) is 11.8 Å². The fourth-order valence-corrected chi connectivity index (χ4v) is 2.22. The molecule has 0 aromatic carbocycles. The van der Waals surface area contributed by atoms with Crippen molar-refractivity contribution in [1.29, 1.82) is 0 Å². The Kier molecular flexibility index (Phi) is 3.79. The molecule has 0 fully saturated rings. The number of nitrogens with one attached hydrogen (secondary N) is 1. The number of rotatable bonds is 4. The van der Waals surface area contributed by atoms with Gasteiger partial charge in [-0.05, 0) is 33.2 Å². The number of pyridine rings is 1. The Morgan fingerprint density at radius 1 is 1.44 bits per heavy atom. The average Bonchev–Trinajstić information content (AvgIpc) is 2.66. The van der Waals surface area contributed by atoms with Crippen molar-refractivity contribution in [3.8, 4) is 0 Å². The molecule has 96 valence electrons. The lowest BCUT2D eigenvalue weighted by Gasteiger charge is -2.21. The van der Waals surface area contributed by atoms with Crippen LogP contribution in [0.15, 0.2) is 36.5 Å². The molecular formula is C14H19N4-. The number of aromatic nitrogens is 2. The Hall–Kier alpha value is -1.65. The standard InChI is InChI=1S/C14H19N4/c1-11-14(12(17(2)3)8-6-9-15)13-7-4-5-10-18(13)16-11/h4-8,10,12,15H,9H2,1-3H3/q-1/b8-6-. The lowest BCUT2D eigenvalue weighted by atomic mass is 10.0. The van der Waals surface area contributed by atoms with Gasteiger partial charge in [-0.1, -0.05) is 12.1 Å². The van der Waals surface area contributed by atoms with Crippen LogP contribution in [0.2, 0.25) is 0 Å². The molecule has 0 saturated carbocycles. The lowest BCUT2D eigenvalue weighted by Crippen LogP contribution is -2.18. The first kappa shape index (κ1) is 12.8. The van der Waals surface area contributed by atoms with Gasteiger partial charge in [0.05, 0.1) is 17.3 Å². The quantitative estimate of drug-likeness (QED) is 0.775. The van der Waals surface area contributed by atoms with Crippen LogP contribution in [0.1, 0.15) is 17.3 Å². The van der Waals surface area contributed by atoms with Gasteiger partial charge < -0.3 is 5.73 Å². The van der Waals surface area contributed by atoms with Crippen molar-refractivity contribution < 1.29 is 0 Å². The van der Waals surface area contributed by atoms with Crippen molar-refractivity contribution in [1.82, 2.24) is 14.5 Å².